The molecular weight excluding hydrogens is 206 g/mol. The average molecular weight is 229 g/mol. The van der Waals surface area contributed by atoms with Crippen LogP contribution in [0.5, 0.6) is 0 Å². The number of hydrogen-bond acceptors (Lipinski definition) is 4. The normalized spacial score (nSPS) is 13.8. The Morgan fingerprint density at radius 3 is 2.75 bits per heavy atom. The highest BCUT2D eigenvalue weighted by molar-refractivity contribution is 5.15. The highest BCUT2D eigenvalue weighted by Gasteiger charge is 2.06. The molecule has 0 heterocycles. The Labute approximate surface area is 97.7 Å². The van der Waals surface area contributed by atoms with Gasteiger partial charge in [0.1, 0.15) is 0 Å². The zero-order chi connectivity index (χ0) is 12.4. The Hall–Kier alpha value is -1.00. The monoisotopic (exact) mass is 229 g/mol. The second-order valence-electron chi connectivity index (χ2n) is 3.66. The summed E-state index contributed by atoms with van der Waals surface area (Å²) < 4.78 is 10.7. The lowest BCUT2D eigenvalue weighted by Gasteiger charge is -2.15. The molecule has 0 saturated heterocycles. The molecule has 0 fully saturated rings. The van der Waals surface area contributed by atoms with Crippen LogP contribution in [0.3, 0.4) is 0 Å². The number of aliphatic hydroxyl groups excluding tert-OH is 1. The van der Waals surface area contributed by atoms with Crippen LogP contribution in [0.25, 0.3) is 0 Å². The van der Waals surface area contributed by atoms with E-state index < -0.39 is 0 Å². The van der Waals surface area contributed by atoms with E-state index >= 15 is 0 Å². The van der Waals surface area contributed by atoms with Gasteiger partial charge in [-0.25, -0.2) is 0 Å². The van der Waals surface area contributed by atoms with Crippen molar-refractivity contribution in [1.29, 1.82) is 0 Å². The summed E-state index contributed by atoms with van der Waals surface area (Å²) in [6, 6.07) is 0. The maximum absolute atomic E-state index is 8.81. The first-order valence-corrected chi connectivity index (χ1v) is 5.58. The van der Waals surface area contributed by atoms with Gasteiger partial charge in [0.15, 0.2) is 12.2 Å². The smallest absolute Gasteiger partial charge is 0.181 e. The van der Waals surface area contributed by atoms with Crippen molar-refractivity contribution < 1.29 is 14.6 Å². The molecular formula is C12H23NO3. The zero-order valence-corrected chi connectivity index (χ0v) is 10.2. The summed E-state index contributed by atoms with van der Waals surface area (Å²) in [5, 5.41) is 8.81. The van der Waals surface area contributed by atoms with Gasteiger partial charge in [0.2, 0.25) is 0 Å². The SMILES string of the molecule is C=C(/C=C(/N)O)CCOC(CCCC)OC. The molecule has 1 unspecified atom stereocenters. The van der Waals surface area contributed by atoms with E-state index in [9.17, 15) is 0 Å². The molecule has 4 heteroatoms. The fourth-order valence-corrected chi connectivity index (χ4v) is 1.24. The second kappa shape index (κ2) is 9.24. The van der Waals surface area contributed by atoms with Crippen molar-refractivity contribution in [2.75, 3.05) is 13.7 Å². The molecule has 1 atom stereocenters. The predicted molar refractivity (Wildman–Crippen MR) is 64.9 cm³/mol. The van der Waals surface area contributed by atoms with Crippen LogP contribution in [0.4, 0.5) is 0 Å². The third kappa shape index (κ3) is 8.32. The standard InChI is InChI=1S/C12H23NO3/c1-4-5-6-12(15-3)16-8-7-10(2)9-11(13)14/h9,12,14H,2,4-8,13H2,1,3H3/b11-9-. The van der Waals surface area contributed by atoms with Gasteiger partial charge in [0.25, 0.3) is 0 Å². The van der Waals surface area contributed by atoms with Crippen molar-refractivity contribution in [3.63, 3.8) is 0 Å². The quantitative estimate of drug-likeness (QED) is 0.362. The van der Waals surface area contributed by atoms with Gasteiger partial charge >= 0.3 is 0 Å². The van der Waals surface area contributed by atoms with Crippen LogP contribution in [-0.4, -0.2) is 25.1 Å². The largest absolute Gasteiger partial charge is 0.495 e. The predicted octanol–water partition coefficient (Wildman–Crippen LogP) is 2.47. The lowest BCUT2D eigenvalue weighted by atomic mass is 10.2. The molecule has 4 nitrogen and oxygen atoms in total. The molecule has 0 bridgehead atoms. The molecule has 0 aromatic carbocycles. The van der Waals surface area contributed by atoms with Crippen LogP contribution in [0.1, 0.15) is 32.6 Å². The molecule has 0 aliphatic carbocycles. The number of methoxy groups -OCH3 is 1. The van der Waals surface area contributed by atoms with E-state index in [2.05, 4.69) is 13.5 Å². The first kappa shape index (κ1) is 15.0. The Morgan fingerprint density at radius 1 is 1.56 bits per heavy atom. The molecule has 0 amide bonds. The van der Waals surface area contributed by atoms with Gasteiger partial charge in [-0.15, -0.1) is 0 Å². The first-order valence-electron chi connectivity index (χ1n) is 5.58. The van der Waals surface area contributed by atoms with E-state index in [1.807, 2.05) is 0 Å². The molecule has 16 heavy (non-hydrogen) atoms. The Bertz CT molecular complexity index is 222. The number of allylic oxidation sites excluding steroid dienone is 1. The van der Waals surface area contributed by atoms with Crippen molar-refractivity contribution in [2.24, 2.45) is 5.73 Å². The van der Waals surface area contributed by atoms with Gasteiger partial charge in [0, 0.05) is 13.2 Å². The molecule has 94 valence electrons. The van der Waals surface area contributed by atoms with E-state index in [0.29, 0.717) is 13.0 Å². The molecule has 0 aliphatic heterocycles. The van der Waals surface area contributed by atoms with Gasteiger partial charge in [-0.1, -0.05) is 19.9 Å². The summed E-state index contributed by atoms with van der Waals surface area (Å²) in [6.45, 7) is 6.39. The van der Waals surface area contributed by atoms with E-state index in [4.69, 9.17) is 20.3 Å². The minimum absolute atomic E-state index is 0.150. The maximum atomic E-state index is 8.81. The van der Waals surface area contributed by atoms with Crippen molar-refractivity contribution in [3.05, 3.63) is 24.1 Å². The zero-order valence-electron chi connectivity index (χ0n) is 10.2. The van der Waals surface area contributed by atoms with Crippen molar-refractivity contribution in [1.82, 2.24) is 0 Å². The van der Waals surface area contributed by atoms with Gasteiger partial charge in [0.05, 0.1) is 6.61 Å². The van der Waals surface area contributed by atoms with Gasteiger partial charge < -0.3 is 20.3 Å². The Kier molecular flexibility index (Phi) is 8.66. The lowest BCUT2D eigenvalue weighted by molar-refractivity contribution is -0.127. The molecule has 0 aliphatic rings. The summed E-state index contributed by atoms with van der Waals surface area (Å²) in [4.78, 5) is 0. The molecule has 0 saturated carbocycles. The minimum Gasteiger partial charge on any atom is -0.495 e. The molecule has 0 radical (unpaired) electrons. The maximum Gasteiger partial charge on any atom is 0.181 e. The van der Waals surface area contributed by atoms with Crippen LogP contribution in [0.2, 0.25) is 0 Å². The summed E-state index contributed by atoms with van der Waals surface area (Å²) >= 11 is 0. The molecule has 0 aromatic rings. The van der Waals surface area contributed by atoms with Crippen LogP contribution in [-0.2, 0) is 9.47 Å². The fourth-order valence-electron chi connectivity index (χ4n) is 1.24. The van der Waals surface area contributed by atoms with Gasteiger partial charge in [-0.2, -0.15) is 0 Å². The van der Waals surface area contributed by atoms with Gasteiger partial charge in [-0.05, 0) is 24.8 Å². The highest BCUT2D eigenvalue weighted by Crippen LogP contribution is 2.08. The van der Waals surface area contributed by atoms with Crippen molar-refractivity contribution in [3.8, 4) is 0 Å². The van der Waals surface area contributed by atoms with E-state index in [1.54, 1.807) is 7.11 Å². The van der Waals surface area contributed by atoms with E-state index in [-0.39, 0.29) is 12.2 Å². The van der Waals surface area contributed by atoms with Crippen LogP contribution >= 0.6 is 0 Å². The Balaban J connectivity index is 3.69. The number of aliphatic hydroxyl groups is 1. The summed E-state index contributed by atoms with van der Waals surface area (Å²) in [5.74, 6) is -0.223. The molecule has 3 N–H and O–H groups in total. The summed E-state index contributed by atoms with van der Waals surface area (Å²) in [5.41, 5.74) is 5.85. The van der Waals surface area contributed by atoms with E-state index in [0.717, 1.165) is 24.8 Å². The fraction of sp³-hybridized carbons (Fsp3) is 0.667. The Morgan fingerprint density at radius 2 is 2.25 bits per heavy atom. The third-order valence-electron chi connectivity index (χ3n) is 2.14. The average Bonchev–Trinajstić information content (AvgIpc) is 2.22. The van der Waals surface area contributed by atoms with Gasteiger partial charge in [-0.3, -0.25) is 0 Å². The summed E-state index contributed by atoms with van der Waals surface area (Å²) in [7, 11) is 1.64. The van der Waals surface area contributed by atoms with Crippen LogP contribution in [0, 0.1) is 0 Å². The van der Waals surface area contributed by atoms with Crippen molar-refractivity contribution in [2.45, 2.75) is 38.9 Å². The van der Waals surface area contributed by atoms with Crippen LogP contribution in [0.15, 0.2) is 24.1 Å². The number of unbranched alkanes of at least 4 members (excludes halogenated alkanes) is 1. The third-order valence-corrected chi connectivity index (χ3v) is 2.14. The lowest BCUT2D eigenvalue weighted by Crippen LogP contribution is -2.16. The number of ether oxygens (including phenoxy) is 2. The second-order valence-corrected chi connectivity index (χ2v) is 3.66. The van der Waals surface area contributed by atoms with E-state index in [1.165, 1.54) is 6.08 Å². The topological polar surface area (TPSA) is 64.7 Å². The highest BCUT2D eigenvalue weighted by atomic mass is 16.7. The number of rotatable bonds is 9. The summed E-state index contributed by atoms with van der Waals surface area (Å²) in [6.07, 6.45) is 5.02. The first-order chi connectivity index (χ1) is 7.60. The molecule has 0 spiro atoms. The molecule has 0 aromatic heterocycles. The minimum atomic E-state index is -0.223. The van der Waals surface area contributed by atoms with Crippen LogP contribution < -0.4 is 5.73 Å². The van der Waals surface area contributed by atoms with Crippen molar-refractivity contribution >= 4 is 0 Å². The number of hydrogen-bond donors (Lipinski definition) is 2. The molecule has 0 rings (SSSR count). The number of nitrogens with two attached hydrogens (primary N) is 1.